The molecule has 1 saturated heterocycles. The van der Waals surface area contributed by atoms with E-state index in [1.165, 1.54) is 44.2 Å². The molecule has 1 heterocycles. The quantitative estimate of drug-likeness (QED) is 0.822. The molecule has 2 fully saturated rings. The summed E-state index contributed by atoms with van der Waals surface area (Å²) in [7, 11) is 0. The highest BCUT2D eigenvalue weighted by Crippen LogP contribution is 2.28. The van der Waals surface area contributed by atoms with Crippen molar-refractivity contribution in [3.63, 3.8) is 0 Å². The zero-order valence-corrected chi connectivity index (χ0v) is 15.3. The third kappa shape index (κ3) is 4.89. The Morgan fingerprint density at radius 2 is 1.84 bits per heavy atom. The fourth-order valence-corrected chi connectivity index (χ4v) is 4.38. The highest BCUT2D eigenvalue weighted by atomic mass is 19.1. The number of carbonyl (C=O) groups excluding carboxylic acids is 1. The predicted molar refractivity (Wildman–Crippen MR) is 99.2 cm³/mol. The van der Waals surface area contributed by atoms with Crippen LogP contribution in [0.2, 0.25) is 0 Å². The van der Waals surface area contributed by atoms with Gasteiger partial charge in [0.1, 0.15) is 5.82 Å². The third-order valence-corrected chi connectivity index (χ3v) is 6.16. The minimum atomic E-state index is -0.271. The molecule has 0 atom stereocenters. The molecule has 138 valence electrons. The van der Waals surface area contributed by atoms with Crippen LogP contribution < -0.4 is 5.73 Å². The van der Waals surface area contributed by atoms with E-state index < -0.39 is 0 Å². The maximum Gasteiger partial charge on any atom is 0.166 e. The lowest BCUT2D eigenvalue weighted by Crippen LogP contribution is -2.38. The minimum Gasteiger partial charge on any atom is -0.328 e. The van der Waals surface area contributed by atoms with Gasteiger partial charge in [-0.2, -0.15) is 0 Å². The lowest BCUT2D eigenvalue weighted by molar-refractivity contribution is 0.0832. The molecule has 1 aromatic carbocycles. The Morgan fingerprint density at radius 1 is 1.16 bits per heavy atom. The summed E-state index contributed by atoms with van der Waals surface area (Å²) in [6.45, 7) is 4.98. The largest absolute Gasteiger partial charge is 0.328 e. The van der Waals surface area contributed by atoms with Crippen molar-refractivity contribution < 1.29 is 9.18 Å². The molecule has 0 aromatic heterocycles. The van der Waals surface area contributed by atoms with Gasteiger partial charge in [-0.3, -0.25) is 4.79 Å². The summed E-state index contributed by atoms with van der Waals surface area (Å²) in [6, 6.07) is 4.92. The molecule has 1 saturated carbocycles. The number of hydrogen-bond donors (Lipinski definition) is 1. The van der Waals surface area contributed by atoms with Gasteiger partial charge in [-0.05, 0) is 101 Å². The van der Waals surface area contributed by atoms with Gasteiger partial charge < -0.3 is 10.6 Å². The zero-order chi connectivity index (χ0) is 17.8. The van der Waals surface area contributed by atoms with Gasteiger partial charge in [-0.1, -0.05) is 0 Å². The minimum absolute atomic E-state index is 0.0908. The Hall–Kier alpha value is -1.26. The first kappa shape index (κ1) is 18.5. The van der Waals surface area contributed by atoms with Gasteiger partial charge in [0, 0.05) is 17.5 Å². The lowest BCUT2D eigenvalue weighted by atomic mass is 9.84. The number of ketones is 1. The van der Waals surface area contributed by atoms with Crippen LogP contribution in [0.25, 0.3) is 0 Å². The summed E-state index contributed by atoms with van der Waals surface area (Å²) in [5.41, 5.74) is 7.43. The first-order chi connectivity index (χ1) is 12.0. The maximum absolute atomic E-state index is 13.2. The molecule has 3 rings (SSSR count). The van der Waals surface area contributed by atoms with Crippen LogP contribution in [0.4, 0.5) is 4.39 Å². The normalized spacial score (nSPS) is 25.9. The second kappa shape index (κ2) is 8.41. The van der Waals surface area contributed by atoms with Gasteiger partial charge in [0.2, 0.25) is 0 Å². The number of carbonyl (C=O) groups is 1. The van der Waals surface area contributed by atoms with Crippen LogP contribution in [0, 0.1) is 24.6 Å². The molecule has 0 unspecified atom stereocenters. The van der Waals surface area contributed by atoms with E-state index in [0.717, 1.165) is 44.0 Å². The van der Waals surface area contributed by atoms with Crippen LogP contribution in [0.5, 0.6) is 0 Å². The number of nitrogens with zero attached hydrogens (tertiary/aromatic N) is 1. The molecule has 4 heteroatoms. The van der Waals surface area contributed by atoms with Crippen molar-refractivity contribution in [2.24, 2.45) is 17.6 Å². The van der Waals surface area contributed by atoms with E-state index in [0.29, 0.717) is 11.6 Å². The smallest absolute Gasteiger partial charge is 0.166 e. The molecule has 25 heavy (non-hydrogen) atoms. The number of piperidine rings is 1. The third-order valence-electron chi connectivity index (χ3n) is 6.16. The van der Waals surface area contributed by atoms with E-state index in [1.807, 2.05) is 6.92 Å². The number of likely N-dealkylation sites (tertiary alicyclic amines) is 1. The molecule has 1 aliphatic heterocycles. The zero-order valence-electron chi connectivity index (χ0n) is 15.3. The van der Waals surface area contributed by atoms with Gasteiger partial charge in [-0.15, -0.1) is 0 Å². The Kier molecular flexibility index (Phi) is 6.24. The fraction of sp³-hybridized carbons (Fsp3) is 0.667. The van der Waals surface area contributed by atoms with Crippen molar-refractivity contribution in [1.82, 2.24) is 4.90 Å². The number of nitrogens with two attached hydrogens (primary N) is 1. The summed E-state index contributed by atoms with van der Waals surface area (Å²) >= 11 is 0. The standard InChI is InChI=1S/C21H31FN2O/c1-15-14-18(22)4-7-20(15)21(25)17-9-12-24(13-10-17)11-8-16-2-5-19(23)6-3-16/h4,7,14,16-17,19H,2-3,5-6,8-13,23H2,1H3/t16-,19-. The predicted octanol–water partition coefficient (Wildman–Crippen LogP) is 3.94. The van der Waals surface area contributed by atoms with Crippen molar-refractivity contribution in [3.8, 4) is 0 Å². The van der Waals surface area contributed by atoms with E-state index in [4.69, 9.17) is 5.73 Å². The van der Waals surface area contributed by atoms with Crippen LogP contribution in [-0.2, 0) is 0 Å². The Labute approximate surface area is 150 Å². The van der Waals surface area contributed by atoms with E-state index in [2.05, 4.69) is 4.90 Å². The van der Waals surface area contributed by atoms with Crippen LogP contribution in [0.15, 0.2) is 18.2 Å². The number of halogens is 1. The summed E-state index contributed by atoms with van der Waals surface area (Å²) < 4.78 is 13.2. The van der Waals surface area contributed by atoms with Gasteiger partial charge in [0.05, 0.1) is 0 Å². The molecule has 1 aliphatic carbocycles. The molecule has 0 spiro atoms. The monoisotopic (exact) mass is 346 g/mol. The summed E-state index contributed by atoms with van der Waals surface area (Å²) in [5.74, 6) is 0.847. The van der Waals surface area contributed by atoms with Gasteiger partial charge in [-0.25, -0.2) is 4.39 Å². The number of benzene rings is 1. The van der Waals surface area contributed by atoms with E-state index in [1.54, 1.807) is 6.07 Å². The number of aryl methyl sites for hydroxylation is 1. The number of rotatable bonds is 5. The molecule has 0 bridgehead atoms. The second-order valence-electron chi connectivity index (χ2n) is 8.01. The van der Waals surface area contributed by atoms with Crippen LogP contribution >= 0.6 is 0 Å². The average Bonchev–Trinajstić information content (AvgIpc) is 2.61. The van der Waals surface area contributed by atoms with Gasteiger partial charge in [0.25, 0.3) is 0 Å². The summed E-state index contributed by atoms with van der Waals surface area (Å²) in [4.78, 5) is 15.2. The second-order valence-corrected chi connectivity index (χ2v) is 8.01. The molecular weight excluding hydrogens is 315 g/mol. The SMILES string of the molecule is Cc1cc(F)ccc1C(=O)C1CCN(CC[C@H]2CC[C@H](N)CC2)CC1. The van der Waals surface area contributed by atoms with Crippen LogP contribution in [0.3, 0.4) is 0 Å². The molecule has 0 radical (unpaired) electrons. The Balaban J connectivity index is 1.44. The number of Topliss-reactive ketones (excluding diaryl/α,β-unsaturated/α-hetero) is 1. The van der Waals surface area contributed by atoms with Crippen molar-refractivity contribution in [2.45, 2.75) is 57.9 Å². The van der Waals surface area contributed by atoms with Crippen LogP contribution in [0.1, 0.15) is 60.9 Å². The molecule has 2 aliphatic rings. The molecule has 0 amide bonds. The van der Waals surface area contributed by atoms with E-state index in [9.17, 15) is 9.18 Å². The Bertz CT molecular complexity index is 588. The highest BCUT2D eigenvalue weighted by molar-refractivity contribution is 5.99. The molecule has 2 N–H and O–H groups in total. The first-order valence-electron chi connectivity index (χ1n) is 9.81. The van der Waals surface area contributed by atoms with Crippen molar-refractivity contribution in [1.29, 1.82) is 0 Å². The first-order valence-corrected chi connectivity index (χ1v) is 9.81. The van der Waals surface area contributed by atoms with Gasteiger partial charge in [0.15, 0.2) is 5.78 Å². The molecule has 3 nitrogen and oxygen atoms in total. The lowest BCUT2D eigenvalue weighted by Gasteiger charge is -2.33. The van der Waals surface area contributed by atoms with E-state index >= 15 is 0 Å². The van der Waals surface area contributed by atoms with Gasteiger partial charge >= 0.3 is 0 Å². The topological polar surface area (TPSA) is 46.3 Å². The molecule has 1 aromatic rings. The fourth-order valence-electron chi connectivity index (χ4n) is 4.38. The summed E-state index contributed by atoms with van der Waals surface area (Å²) in [5, 5.41) is 0. The van der Waals surface area contributed by atoms with Crippen molar-refractivity contribution in [2.75, 3.05) is 19.6 Å². The van der Waals surface area contributed by atoms with E-state index in [-0.39, 0.29) is 17.5 Å². The molecular formula is C21H31FN2O. The highest BCUT2D eigenvalue weighted by Gasteiger charge is 2.27. The van der Waals surface area contributed by atoms with Crippen molar-refractivity contribution >= 4 is 5.78 Å². The maximum atomic E-state index is 13.2. The van der Waals surface area contributed by atoms with Crippen LogP contribution in [-0.4, -0.2) is 36.4 Å². The number of hydrogen-bond acceptors (Lipinski definition) is 3. The average molecular weight is 346 g/mol. The summed E-state index contributed by atoms with van der Waals surface area (Å²) in [6.07, 6.45) is 8.02. The van der Waals surface area contributed by atoms with Crippen molar-refractivity contribution in [3.05, 3.63) is 35.1 Å². The Morgan fingerprint density at radius 3 is 2.48 bits per heavy atom.